The minimum atomic E-state index is -0.119. The molecule has 2 aliphatic rings. The van der Waals surface area contributed by atoms with E-state index in [1.807, 2.05) is 0 Å². The van der Waals surface area contributed by atoms with Crippen LogP contribution in [0.4, 0.5) is 0 Å². The number of ether oxygens (including phenoxy) is 2. The Kier molecular flexibility index (Phi) is 5.35. The Morgan fingerprint density at radius 1 is 1.14 bits per heavy atom. The van der Waals surface area contributed by atoms with Gasteiger partial charge in [-0.3, -0.25) is 0 Å². The Labute approximate surface area is 130 Å². The monoisotopic (exact) mass is 298 g/mol. The molecule has 2 fully saturated rings. The van der Waals surface area contributed by atoms with Crippen LogP contribution in [0.1, 0.15) is 47.5 Å². The zero-order valence-electron chi connectivity index (χ0n) is 14.7. The fourth-order valence-corrected chi connectivity index (χ4v) is 4.26. The van der Waals surface area contributed by atoms with E-state index in [1.165, 1.54) is 12.8 Å². The van der Waals surface area contributed by atoms with Crippen molar-refractivity contribution in [3.05, 3.63) is 0 Å². The second-order valence-corrected chi connectivity index (χ2v) is 7.67. The Balaban J connectivity index is 2.03. The van der Waals surface area contributed by atoms with Gasteiger partial charge in [0.15, 0.2) is 0 Å². The summed E-state index contributed by atoms with van der Waals surface area (Å²) in [5.74, 6) is 0.485. The van der Waals surface area contributed by atoms with Gasteiger partial charge in [-0.2, -0.15) is 0 Å². The van der Waals surface area contributed by atoms with Gasteiger partial charge in [0.2, 0.25) is 0 Å². The lowest BCUT2D eigenvalue weighted by Crippen LogP contribution is -2.50. The highest BCUT2D eigenvalue weighted by molar-refractivity contribution is 5.05. The predicted molar refractivity (Wildman–Crippen MR) is 86.7 cm³/mol. The molecule has 0 radical (unpaired) electrons. The van der Waals surface area contributed by atoms with Crippen molar-refractivity contribution in [1.29, 1.82) is 0 Å². The van der Waals surface area contributed by atoms with E-state index in [-0.39, 0.29) is 11.2 Å². The number of nitrogens with one attached hydrogen (secondary N) is 1. The zero-order valence-corrected chi connectivity index (χ0v) is 14.7. The summed E-state index contributed by atoms with van der Waals surface area (Å²) in [6.45, 7) is 15.2. The quantitative estimate of drug-likeness (QED) is 0.816. The second kappa shape index (κ2) is 6.53. The molecular weight excluding hydrogens is 264 g/mol. The highest BCUT2D eigenvalue weighted by atomic mass is 16.5. The third-order valence-electron chi connectivity index (χ3n) is 5.27. The standard InChI is InChI=1S/C17H34N2O2/c1-7-19(11-13-9-8-10-20-13)12-14-15(18-6)17(4,5)21-16(14,2)3/h13-15,18H,7-12H2,1-6H3. The van der Waals surface area contributed by atoms with Gasteiger partial charge in [0, 0.05) is 31.7 Å². The molecule has 1 N–H and O–H groups in total. The second-order valence-electron chi connectivity index (χ2n) is 7.67. The molecule has 124 valence electrons. The summed E-state index contributed by atoms with van der Waals surface area (Å²) in [5.41, 5.74) is -0.215. The van der Waals surface area contributed by atoms with Gasteiger partial charge in [-0.1, -0.05) is 6.92 Å². The number of nitrogens with zero attached hydrogens (tertiary/aromatic N) is 1. The van der Waals surface area contributed by atoms with Gasteiger partial charge < -0.3 is 19.7 Å². The van der Waals surface area contributed by atoms with Crippen LogP contribution in [0, 0.1) is 5.92 Å². The van der Waals surface area contributed by atoms with Crippen LogP contribution in [0.2, 0.25) is 0 Å². The van der Waals surface area contributed by atoms with Crippen molar-refractivity contribution in [2.75, 3.05) is 33.3 Å². The molecule has 2 aliphatic heterocycles. The Hall–Kier alpha value is -0.160. The van der Waals surface area contributed by atoms with Crippen molar-refractivity contribution in [2.24, 2.45) is 5.92 Å². The van der Waals surface area contributed by atoms with E-state index in [0.717, 1.165) is 26.2 Å². The lowest BCUT2D eigenvalue weighted by molar-refractivity contribution is -0.0799. The first-order chi connectivity index (χ1) is 9.80. The zero-order chi connectivity index (χ0) is 15.7. The van der Waals surface area contributed by atoms with Crippen molar-refractivity contribution < 1.29 is 9.47 Å². The molecule has 3 unspecified atom stereocenters. The average molecular weight is 298 g/mol. The molecule has 3 atom stereocenters. The smallest absolute Gasteiger partial charge is 0.0790 e. The van der Waals surface area contributed by atoms with Crippen molar-refractivity contribution in [3.63, 3.8) is 0 Å². The summed E-state index contributed by atoms with van der Waals surface area (Å²) in [6.07, 6.45) is 2.85. The molecule has 0 aromatic carbocycles. The first-order valence-electron chi connectivity index (χ1n) is 8.51. The maximum Gasteiger partial charge on any atom is 0.0790 e. The van der Waals surface area contributed by atoms with E-state index in [9.17, 15) is 0 Å². The van der Waals surface area contributed by atoms with Crippen molar-refractivity contribution >= 4 is 0 Å². The fraction of sp³-hybridized carbons (Fsp3) is 1.00. The van der Waals surface area contributed by atoms with Crippen LogP contribution in [-0.2, 0) is 9.47 Å². The summed E-state index contributed by atoms with van der Waals surface area (Å²) in [6, 6.07) is 0.381. The highest BCUT2D eigenvalue weighted by Crippen LogP contribution is 2.42. The fourth-order valence-electron chi connectivity index (χ4n) is 4.26. The van der Waals surface area contributed by atoms with Crippen molar-refractivity contribution in [1.82, 2.24) is 10.2 Å². The molecule has 0 aliphatic carbocycles. The molecule has 2 rings (SSSR count). The Bertz CT molecular complexity index is 338. The molecule has 2 saturated heterocycles. The molecule has 0 aromatic rings. The molecule has 21 heavy (non-hydrogen) atoms. The third-order valence-corrected chi connectivity index (χ3v) is 5.27. The van der Waals surface area contributed by atoms with Gasteiger partial charge in [-0.15, -0.1) is 0 Å². The minimum absolute atomic E-state index is 0.0961. The summed E-state index contributed by atoms with van der Waals surface area (Å²) in [7, 11) is 2.06. The normalized spacial score (nSPS) is 34.7. The summed E-state index contributed by atoms with van der Waals surface area (Å²) >= 11 is 0. The predicted octanol–water partition coefficient (Wildman–Crippen LogP) is 2.28. The number of rotatable bonds is 6. The lowest BCUT2D eigenvalue weighted by Gasteiger charge is -2.34. The van der Waals surface area contributed by atoms with Gasteiger partial charge in [0.05, 0.1) is 17.3 Å². The summed E-state index contributed by atoms with van der Waals surface area (Å²) in [4.78, 5) is 2.54. The van der Waals surface area contributed by atoms with Crippen LogP contribution in [-0.4, -0.2) is 61.5 Å². The Morgan fingerprint density at radius 3 is 2.38 bits per heavy atom. The number of likely N-dealkylation sites (N-methyl/N-ethyl adjacent to an activating group) is 2. The molecule has 0 spiro atoms. The van der Waals surface area contributed by atoms with Crippen LogP contribution < -0.4 is 5.32 Å². The van der Waals surface area contributed by atoms with E-state index in [2.05, 4.69) is 51.9 Å². The van der Waals surface area contributed by atoms with E-state index >= 15 is 0 Å². The van der Waals surface area contributed by atoms with E-state index in [1.54, 1.807) is 0 Å². The molecule has 4 nitrogen and oxygen atoms in total. The molecule has 0 bridgehead atoms. The topological polar surface area (TPSA) is 33.7 Å². The summed E-state index contributed by atoms with van der Waals surface area (Å²) < 4.78 is 12.2. The molecule has 2 heterocycles. The van der Waals surface area contributed by atoms with Gasteiger partial charge >= 0.3 is 0 Å². The molecule has 0 aromatic heterocycles. The van der Waals surface area contributed by atoms with Crippen LogP contribution in [0.15, 0.2) is 0 Å². The number of hydrogen-bond acceptors (Lipinski definition) is 4. The summed E-state index contributed by atoms with van der Waals surface area (Å²) in [5, 5.41) is 3.50. The highest BCUT2D eigenvalue weighted by Gasteiger charge is 2.53. The molecule has 4 heteroatoms. The largest absolute Gasteiger partial charge is 0.377 e. The minimum Gasteiger partial charge on any atom is -0.377 e. The van der Waals surface area contributed by atoms with E-state index < -0.39 is 0 Å². The van der Waals surface area contributed by atoms with E-state index in [0.29, 0.717) is 18.1 Å². The van der Waals surface area contributed by atoms with Crippen molar-refractivity contribution in [3.8, 4) is 0 Å². The van der Waals surface area contributed by atoms with Crippen LogP contribution in [0.25, 0.3) is 0 Å². The van der Waals surface area contributed by atoms with Crippen LogP contribution in [0.3, 0.4) is 0 Å². The number of hydrogen-bond donors (Lipinski definition) is 1. The first kappa shape index (κ1) is 17.2. The molecular formula is C17H34N2O2. The van der Waals surface area contributed by atoms with Crippen molar-refractivity contribution in [2.45, 2.75) is 70.8 Å². The lowest BCUT2D eigenvalue weighted by atomic mass is 9.82. The maximum atomic E-state index is 6.35. The van der Waals surface area contributed by atoms with Gasteiger partial charge in [0.25, 0.3) is 0 Å². The van der Waals surface area contributed by atoms with Crippen LogP contribution >= 0.6 is 0 Å². The SMILES string of the molecule is CCN(CC1CCCO1)CC1C(NC)C(C)(C)OC1(C)C. The van der Waals surface area contributed by atoms with Gasteiger partial charge in [0.1, 0.15) is 0 Å². The maximum absolute atomic E-state index is 6.35. The van der Waals surface area contributed by atoms with E-state index in [4.69, 9.17) is 9.47 Å². The Morgan fingerprint density at radius 2 is 1.86 bits per heavy atom. The first-order valence-corrected chi connectivity index (χ1v) is 8.51. The third kappa shape index (κ3) is 3.79. The van der Waals surface area contributed by atoms with Crippen LogP contribution in [0.5, 0.6) is 0 Å². The average Bonchev–Trinajstić information content (AvgIpc) is 2.93. The molecule has 0 amide bonds. The molecule has 0 saturated carbocycles. The van der Waals surface area contributed by atoms with Gasteiger partial charge in [-0.25, -0.2) is 0 Å². The van der Waals surface area contributed by atoms with Gasteiger partial charge in [-0.05, 0) is 54.1 Å².